The first kappa shape index (κ1) is 17.1. The second kappa shape index (κ2) is 6.10. The zero-order valence-electron chi connectivity index (χ0n) is 13.1. The number of carboxylic acid groups (broad SMARTS) is 1. The number of hydrogen-bond donors (Lipinski definition) is 2. The van der Waals surface area contributed by atoms with Crippen LogP contribution in [0.25, 0.3) is 11.1 Å². The number of aromatic carboxylic acids is 1. The number of hydrogen-bond acceptors (Lipinski definition) is 4. The number of nitrogens with one attached hydrogen (secondary N) is 1. The number of carbonyl (C=O) groups is 1. The largest absolute Gasteiger partial charge is 0.477 e. The van der Waals surface area contributed by atoms with E-state index in [0.717, 1.165) is 5.56 Å². The second-order valence-electron chi connectivity index (χ2n) is 6.12. The highest BCUT2D eigenvalue weighted by Crippen LogP contribution is 2.21. The van der Waals surface area contributed by atoms with Gasteiger partial charge in [0.2, 0.25) is 10.0 Å². The average molecular weight is 334 g/mol. The van der Waals surface area contributed by atoms with Crippen LogP contribution in [-0.4, -0.2) is 30.0 Å². The highest BCUT2D eigenvalue weighted by atomic mass is 32.2. The van der Waals surface area contributed by atoms with Crippen molar-refractivity contribution in [3.8, 4) is 11.1 Å². The first-order valence-corrected chi connectivity index (χ1v) is 8.41. The molecule has 2 aromatic rings. The molecule has 0 unspecified atom stereocenters. The van der Waals surface area contributed by atoms with E-state index in [1.807, 2.05) is 0 Å². The maximum absolute atomic E-state index is 12.2. The molecule has 0 atom stereocenters. The van der Waals surface area contributed by atoms with Gasteiger partial charge in [-0.1, -0.05) is 18.2 Å². The summed E-state index contributed by atoms with van der Waals surface area (Å²) in [6, 6.07) is 9.38. The minimum atomic E-state index is -3.58. The molecule has 122 valence electrons. The van der Waals surface area contributed by atoms with Gasteiger partial charge in [-0.05, 0) is 44.5 Å². The topological polar surface area (TPSA) is 96.4 Å². The Balaban J connectivity index is 2.27. The highest BCUT2D eigenvalue weighted by Gasteiger charge is 2.21. The normalized spacial score (nSPS) is 12.1. The van der Waals surface area contributed by atoms with Crippen molar-refractivity contribution < 1.29 is 18.3 Å². The molecule has 0 saturated carbocycles. The van der Waals surface area contributed by atoms with Gasteiger partial charge < -0.3 is 5.11 Å². The number of sulfonamides is 1. The van der Waals surface area contributed by atoms with Crippen LogP contribution in [0.15, 0.2) is 47.5 Å². The van der Waals surface area contributed by atoms with Crippen molar-refractivity contribution in [2.75, 3.05) is 0 Å². The van der Waals surface area contributed by atoms with Gasteiger partial charge in [-0.2, -0.15) is 0 Å². The summed E-state index contributed by atoms with van der Waals surface area (Å²) in [4.78, 5) is 14.8. The third-order valence-corrected chi connectivity index (χ3v) is 4.69. The van der Waals surface area contributed by atoms with Crippen molar-refractivity contribution in [2.24, 2.45) is 0 Å². The van der Waals surface area contributed by atoms with Crippen molar-refractivity contribution in [1.29, 1.82) is 0 Å². The number of carboxylic acids is 1. The molecule has 0 spiro atoms. The van der Waals surface area contributed by atoms with Crippen LogP contribution in [0.4, 0.5) is 0 Å². The molecule has 23 heavy (non-hydrogen) atoms. The standard InChI is InChI=1S/C16H18N2O4S/c1-16(2,3)18-23(21,22)13-7-4-11(5-8-13)12-6-9-14(15(19)20)17-10-12/h4-10,18H,1-3H3,(H,19,20). The quantitative estimate of drug-likeness (QED) is 0.895. The molecule has 1 aromatic carbocycles. The van der Waals surface area contributed by atoms with Crippen molar-refractivity contribution in [1.82, 2.24) is 9.71 Å². The van der Waals surface area contributed by atoms with Crippen LogP contribution in [-0.2, 0) is 10.0 Å². The third kappa shape index (κ3) is 4.37. The molecule has 7 heteroatoms. The summed E-state index contributed by atoms with van der Waals surface area (Å²) < 4.78 is 27.0. The fourth-order valence-corrected chi connectivity index (χ4v) is 3.40. The molecule has 0 aliphatic rings. The number of aromatic nitrogens is 1. The molecule has 0 bridgehead atoms. The van der Waals surface area contributed by atoms with Crippen molar-refractivity contribution in [3.63, 3.8) is 0 Å². The van der Waals surface area contributed by atoms with Gasteiger partial charge in [-0.25, -0.2) is 22.9 Å². The summed E-state index contributed by atoms with van der Waals surface area (Å²) in [5, 5.41) is 8.83. The van der Waals surface area contributed by atoms with Gasteiger partial charge in [0.1, 0.15) is 5.69 Å². The predicted molar refractivity (Wildman–Crippen MR) is 86.7 cm³/mol. The van der Waals surface area contributed by atoms with Gasteiger partial charge in [0.15, 0.2) is 0 Å². The number of rotatable bonds is 4. The fraction of sp³-hybridized carbons (Fsp3) is 0.250. The molecule has 6 nitrogen and oxygen atoms in total. The zero-order valence-corrected chi connectivity index (χ0v) is 13.9. The molecule has 0 aliphatic carbocycles. The van der Waals surface area contributed by atoms with Crippen LogP contribution < -0.4 is 4.72 Å². The SMILES string of the molecule is CC(C)(C)NS(=O)(=O)c1ccc(-c2ccc(C(=O)O)nc2)cc1. The summed E-state index contributed by atoms with van der Waals surface area (Å²) in [5.74, 6) is -1.09. The Labute approximate surface area is 135 Å². The van der Waals surface area contributed by atoms with E-state index in [4.69, 9.17) is 5.11 Å². The van der Waals surface area contributed by atoms with E-state index in [2.05, 4.69) is 9.71 Å². The van der Waals surface area contributed by atoms with Crippen molar-refractivity contribution in [2.45, 2.75) is 31.2 Å². The predicted octanol–water partition coefficient (Wildman–Crippen LogP) is 2.52. The molecule has 0 fully saturated rings. The monoisotopic (exact) mass is 334 g/mol. The van der Waals surface area contributed by atoms with E-state index >= 15 is 0 Å². The lowest BCUT2D eigenvalue weighted by Crippen LogP contribution is -2.40. The maximum Gasteiger partial charge on any atom is 0.354 e. The van der Waals surface area contributed by atoms with Crippen LogP contribution in [0.1, 0.15) is 31.3 Å². The lowest BCUT2D eigenvalue weighted by atomic mass is 10.1. The summed E-state index contributed by atoms with van der Waals surface area (Å²) in [6.45, 7) is 5.32. The summed E-state index contributed by atoms with van der Waals surface area (Å²) in [7, 11) is -3.58. The van der Waals surface area contributed by atoms with Gasteiger partial charge in [0, 0.05) is 17.3 Å². The molecule has 0 aliphatic heterocycles. The summed E-state index contributed by atoms with van der Waals surface area (Å²) in [6.07, 6.45) is 1.44. The lowest BCUT2D eigenvalue weighted by molar-refractivity contribution is 0.0690. The number of nitrogens with zero attached hydrogens (tertiary/aromatic N) is 1. The van der Waals surface area contributed by atoms with Gasteiger partial charge in [-0.3, -0.25) is 0 Å². The maximum atomic E-state index is 12.2. The van der Waals surface area contributed by atoms with Crippen molar-refractivity contribution in [3.05, 3.63) is 48.3 Å². The number of benzene rings is 1. The van der Waals surface area contributed by atoms with E-state index in [0.29, 0.717) is 5.56 Å². The Hall–Kier alpha value is -2.25. The van der Waals surface area contributed by atoms with E-state index in [9.17, 15) is 13.2 Å². The van der Waals surface area contributed by atoms with E-state index in [1.165, 1.54) is 24.4 Å². The van der Waals surface area contributed by atoms with E-state index in [1.54, 1.807) is 39.0 Å². The van der Waals surface area contributed by atoms with E-state index < -0.39 is 21.5 Å². The summed E-state index contributed by atoms with van der Waals surface area (Å²) >= 11 is 0. The highest BCUT2D eigenvalue weighted by molar-refractivity contribution is 7.89. The molecule has 1 heterocycles. The van der Waals surface area contributed by atoms with Crippen LogP contribution in [0, 0.1) is 0 Å². The molecule has 0 saturated heterocycles. The molecule has 0 radical (unpaired) electrons. The Kier molecular flexibility index (Phi) is 4.53. The average Bonchev–Trinajstić information content (AvgIpc) is 2.45. The molecule has 0 amide bonds. The van der Waals surface area contributed by atoms with Crippen LogP contribution in [0.5, 0.6) is 0 Å². The number of pyridine rings is 1. The fourth-order valence-electron chi connectivity index (χ4n) is 1.98. The Bertz CT molecular complexity index is 805. The molecule has 1 aromatic heterocycles. The van der Waals surface area contributed by atoms with Crippen LogP contribution >= 0.6 is 0 Å². The Morgan fingerprint density at radius 2 is 1.61 bits per heavy atom. The molecule has 2 rings (SSSR count). The molecular formula is C16H18N2O4S. The molecule has 2 N–H and O–H groups in total. The summed E-state index contributed by atoms with van der Waals surface area (Å²) in [5.41, 5.74) is 0.864. The van der Waals surface area contributed by atoms with Gasteiger partial charge in [-0.15, -0.1) is 0 Å². The Morgan fingerprint density at radius 3 is 2.04 bits per heavy atom. The Morgan fingerprint density at radius 1 is 1.04 bits per heavy atom. The lowest BCUT2D eigenvalue weighted by Gasteiger charge is -2.20. The van der Waals surface area contributed by atoms with E-state index in [-0.39, 0.29) is 10.6 Å². The minimum absolute atomic E-state index is 0.0395. The van der Waals surface area contributed by atoms with Crippen molar-refractivity contribution >= 4 is 16.0 Å². The molecular weight excluding hydrogens is 316 g/mol. The van der Waals surface area contributed by atoms with Gasteiger partial charge in [0.25, 0.3) is 0 Å². The third-order valence-electron chi connectivity index (χ3n) is 2.92. The second-order valence-corrected chi connectivity index (χ2v) is 7.80. The first-order chi connectivity index (χ1) is 10.6. The van der Waals surface area contributed by atoms with Crippen LogP contribution in [0.2, 0.25) is 0 Å². The first-order valence-electron chi connectivity index (χ1n) is 6.92. The van der Waals surface area contributed by atoms with Gasteiger partial charge >= 0.3 is 5.97 Å². The van der Waals surface area contributed by atoms with Crippen LogP contribution in [0.3, 0.4) is 0 Å². The smallest absolute Gasteiger partial charge is 0.354 e. The van der Waals surface area contributed by atoms with Gasteiger partial charge in [0.05, 0.1) is 4.90 Å². The minimum Gasteiger partial charge on any atom is -0.477 e. The zero-order chi connectivity index (χ0) is 17.3.